The lowest BCUT2D eigenvalue weighted by atomic mass is 9.86. The topological polar surface area (TPSA) is 58.4 Å². The summed E-state index contributed by atoms with van der Waals surface area (Å²) in [6.45, 7) is 3.16. The first kappa shape index (κ1) is 12.8. The second-order valence-corrected chi connectivity index (χ2v) is 5.39. The molecule has 2 aliphatic rings. The minimum absolute atomic E-state index is 0.208. The monoisotopic (exact) mass is 239 g/mol. The van der Waals surface area contributed by atoms with E-state index in [1.165, 1.54) is 32.1 Å². The van der Waals surface area contributed by atoms with Gasteiger partial charge < -0.3 is 16.0 Å². The molecule has 1 aliphatic carbocycles. The molecule has 17 heavy (non-hydrogen) atoms. The fourth-order valence-electron chi connectivity index (χ4n) is 3.06. The first-order chi connectivity index (χ1) is 8.31. The second-order valence-electron chi connectivity index (χ2n) is 5.39. The highest BCUT2D eigenvalue weighted by atomic mass is 16.2. The van der Waals surface area contributed by atoms with E-state index in [2.05, 4.69) is 5.32 Å². The van der Waals surface area contributed by atoms with E-state index in [4.69, 9.17) is 5.73 Å². The van der Waals surface area contributed by atoms with Gasteiger partial charge in [0.2, 0.25) is 5.91 Å². The third-order valence-electron chi connectivity index (χ3n) is 4.13. The molecule has 1 unspecified atom stereocenters. The van der Waals surface area contributed by atoms with Gasteiger partial charge in [0.1, 0.15) is 0 Å². The number of hydrogen-bond acceptors (Lipinski definition) is 3. The molecule has 0 bridgehead atoms. The van der Waals surface area contributed by atoms with Crippen molar-refractivity contribution >= 4 is 5.91 Å². The number of nitrogens with two attached hydrogens (primary N) is 1. The van der Waals surface area contributed by atoms with Gasteiger partial charge in [-0.2, -0.15) is 0 Å². The maximum atomic E-state index is 12.3. The summed E-state index contributed by atoms with van der Waals surface area (Å²) in [4.78, 5) is 14.3. The third kappa shape index (κ3) is 3.42. The zero-order valence-electron chi connectivity index (χ0n) is 10.7. The molecule has 1 saturated heterocycles. The molecule has 1 aliphatic heterocycles. The van der Waals surface area contributed by atoms with Gasteiger partial charge in [0.05, 0.1) is 6.04 Å². The smallest absolute Gasteiger partial charge is 0.223 e. The Morgan fingerprint density at radius 1 is 1.29 bits per heavy atom. The number of nitrogens with one attached hydrogen (secondary N) is 1. The highest BCUT2D eigenvalue weighted by Gasteiger charge is 2.27. The summed E-state index contributed by atoms with van der Waals surface area (Å²) in [5, 5.41) is 3.30. The molecule has 0 aromatic carbocycles. The number of nitrogens with zero attached hydrogens (tertiary/aromatic N) is 1. The van der Waals surface area contributed by atoms with Crippen LogP contribution < -0.4 is 11.1 Å². The number of carbonyl (C=O) groups excluding carboxylic acids is 1. The molecule has 4 heteroatoms. The van der Waals surface area contributed by atoms with Crippen molar-refractivity contribution in [3.05, 3.63) is 0 Å². The van der Waals surface area contributed by atoms with Gasteiger partial charge in [-0.3, -0.25) is 4.79 Å². The average Bonchev–Trinajstić information content (AvgIpc) is 2.40. The van der Waals surface area contributed by atoms with E-state index in [1.54, 1.807) is 0 Å². The van der Waals surface area contributed by atoms with Crippen LogP contribution in [0.4, 0.5) is 0 Å². The molecule has 0 aromatic heterocycles. The Bertz CT molecular complexity index is 251. The van der Waals surface area contributed by atoms with Gasteiger partial charge in [0, 0.05) is 32.6 Å². The molecule has 4 nitrogen and oxygen atoms in total. The van der Waals surface area contributed by atoms with E-state index in [0.717, 1.165) is 26.1 Å². The molecule has 0 aromatic rings. The van der Waals surface area contributed by atoms with E-state index in [0.29, 0.717) is 18.4 Å². The molecule has 1 atom stereocenters. The highest BCUT2D eigenvalue weighted by molar-refractivity contribution is 5.77. The lowest BCUT2D eigenvalue weighted by Gasteiger charge is -2.36. The Labute approximate surface area is 104 Å². The van der Waals surface area contributed by atoms with Crippen molar-refractivity contribution in [3.8, 4) is 0 Å². The van der Waals surface area contributed by atoms with Crippen LogP contribution >= 0.6 is 0 Å². The number of hydrogen-bond donors (Lipinski definition) is 2. The SMILES string of the molecule is NCC1CNCCN1C(=O)CC1CCCCC1. The van der Waals surface area contributed by atoms with Crippen molar-refractivity contribution in [2.45, 2.75) is 44.6 Å². The summed E-state index contributed by atoms with van der Waals surface area (Å²) in [7, 11) is 0. The first-order valence-electron chi connectivity index (χ1n) is 7.01. The third-order valence-corrected chi connectivity index (χ3v) is 4.13. The molecule has 2 rings (SSSR count). The largest absolute Gasteiger partial charge is 0.336 e. The summed E-state index contributed by atoms with van der Waals surface area (Å²) in [6.07, 6.45) is 7.19. The van der Waals surface area contributed by atoms with Gasteiger partial charge in [-0.1, -0.05) is 19.3 Å². The van der Waals surface area contributed by atoms with Crippen LogP contribution in [0.5, 0.6) is 0 Å². The zero-order chi connectivity index (χ0) is 12.1. The molecule has 2 fully saturated rings. The van der Waals surface area contributed by atoms with Crippen LogP contribution in [0.3, 0.4) is 0 Å². The van der Waals surface area contributed by atoms with E-state index in [-0.39, 0.29) is 6.04 Å². The van der Waals surface area contributed by atoms with Crippen molar-refractivity contribution < 1.29 is 4.79 Å². The van der Waals surface area contributed by atoms with Crippen LogP contribution in [0.15, 0.2) is 0 Å². The summed E-state index contributed by atoms with van der Waals surface area (Å²) in [6, 6.07) is 0.208. The molecule has 0 spiro atoms. The fourth-order valence-corrected chi connectivity index (χ4v) is 3.06. The Balaban J connectivity index is 1.84. The predicted octanol–water partition coefficient (Wildman–Crippen LogP) is 0.716. The normalized spacial score (nSPS) is 27.1. The second kappa shape index (κ2) is 6.36. The summed E-state index contributed by atoms with van der Waals surface area (Å²) >= 11 is 0. The van der Waals surface area contributed by atoms with Crippen LogP contribution in [0.25, 0.3) is 0 Å². The fraction of sp³-hybridized carbons (Fsp3) is 0.923. The standard InChI is InChI=1S/C13H25N3O/c14-9-12-10-15-6-7-16(12)13(17)8-11-4-2-1-3-5-11/h11-12,15H,1-10,14H2. The van der Waals surface area contributed by atoms with Gasteiger partial charge in [-0.25, -0.2) is 0 Å². The summed E-state index contributed by atoms with van der Waals surface area (Å²) in [5.41, 5.74) is 5.73. The Morgan fingerprint density at radius 3 is 2.76 bits per heavy atom. The molecular formula is C13H25N3O. The maximum Gasteiger partial charge on any atom is 0.223 e. The Kier molecular flexibility index (Phi) is 4.80. The molecule has 1 heterocycles. The van der Waals surface area contributed by atoms with E-state index in [1.807, 2.05) is 4.90 Å². The molecule has 1 saturated carbocycles. The highest BCUT2D eigenvalue weighted by Crippen LogP contribution is 2.27. The van der Waals surface area contributed by atoms with Gasteiger partial charge in [-0.05, 0) is 18.8 Å². The Morgan fingerprint density at radius 2 is 2.06 bits per heavy atom. The quantitative estimate of drug-likeness (QED) is 0.763. The number of rotatable bonds is 3. The van der Waals surface area contributed by atoms with Crippen LogP contribution in [0.1, 0.15) is 38.5 Å². The number of piperazine rings is 1. The molecule has 1 amide bonds. The van der Waals surface area contributed by atoms with Crippen LogP contribution in [-0.2, 0) is 4.79 Å². The van der Waals surface area contributed by atoms with Crippen LogP contribution in [-0.4, -0.2) is 43.0 Å². The summed E-state index contributed by atoms with van der Waals surface area (Å²) in [5.74, 6) is 0.957. The average molecular weight is 239 g/mol. The minimum Gasteiger partial charge on any atom is -0.336 e. The van der Waals surface area contributed by atoms with Gasteiger partial charge in [-0.15, -0.1) is 0 Å². The lowest BCUT2D eigenvalue weighted by Crippen LogP contribution is -2.56. The molecule has 98 valence electrons. The van der Waals surface area contributed by atoms with E-state index >= 15 is 0 Å². The van der Waals surface area contributed by atoms with Gasteiger partial charge in [0.15, 0.2) is 0 Å². The van der Waals surface area contributed by atoms with Crippen LogP contribution in [0.2, 0.25) is 0 Å². The zero-order valence-corrected chi connectivity index (χ0v) is 10.7. The summed E-state index contributed by atoms with van der Waals surface area (Å²) < 4.78 is 0. The van der Waals surface area contributed by atoms with Crippen LogP contribution in [0, 0.1) is 5.92 Å². The Hall–Kier alpha value is -0.610. The van der Waals surface area contributed by atoms with Crippen molar-refractivity contribution in [2.75, 3.05) is 26.2 Å². The van der Waals surface area contributed by atoms with Crippen molar-refractivity contribution in [2.24, 2.45) is 11.7 Å². The first-order valence-corrected chi connectivity index (χ1v) is 7.01. The van der Waals surface area contributed by atoms with Crippen molar-refractivity contribution in [1.29, 1.82) is 0 Å². The molecular weight excluding hydrogens is 214 g/mol. The maximum absolute atomic E-state index is 12.3. The van der Waals surface area contributed by atoms with Gasteiger partial charge in [0.25, 0.3) is 0 Å². The van der Waals surface area contributed by atoms with Gasteiger partial charge >= 0.3 is 0 Å². The van der Waals surface area contributed by atoms with Crippen molar-refractivity contribution in [3.63, 3.8) is 0 Å². The van der Waals surface area contributed by atoms with E-state index < -0.39 is 0 Å². The number of carbonyl (C=O) groups is 1. The minimum atomic E-state index is 0.208. The molecule has 3 N–H and O–H groups in total. The lowest BCUT2D eigenvalue weighted by molar-refractivity contribution is -0.135. The predicted molar refractivity (Wildman–Crippen MR) is 68.6 cm³/mol. The van der Waals surface area contributed by atoms with E-state index in [9.17, 15) is 4.79 Å². The van der Waals surface area contributed by atoms with Crippen molar-refractivity contribution in [1.82, 2.24) is 10.2 Å². The number of amides is 1. The molecule has 0 radical (unpaired) electrons.